The fourth-order valence-corrected chi connectivity index (χ4v) is 3.41. The van der Waals surface area contributed by atoms with Gasteiger partial charge in [0.15, 0.2) is 10.8 Å². The molecule has 0 radical (unpaired) electrons. The number of nitrogens with zero attached hydrogens (tertiary/aromatic N) is 2. The highest BCUT2D eigenvalue weighted by molar-refractivity contribution is 7.11. The van der Waals surface area contributed by atoms with E-state index in [-0.39, 0.29) is 11.6 Å². The molecule has 2 heterocycles. The number of carbonyl (C=O) groups excluding carboxylic acids is 1. The third-order valence-corrected chi connectivity index (χ3v) is 4.74. The number of halogens is 2. The van der Waals surface area contributed by atoms with Crippen molar-refractivity contribution in [2.75, 3.05) is 6.61 Å². The van der Waals surface area contributed by atoms with E-state index in [0.29, 0.717) is 27.7 Å². The van der Waals surface area contributed by atoms with Gasteiger partial charge in [-0.25, -0.2) is 14.2 Å². The Kier molecular flexibility index (Phi) is 5.15. The van der Waals surface area contributed by atoms with E-state index in [0.717, 1.165) is 0 Å². The second-order valence-corrected chi connectivity index (χ2v) is 6.57. The molecule has 0 unspecified atom stereocenters. The third-order valence-electron chi connectivity index (χ3n) is 3.63. The average Bonchev–Trinajstić information content (AvgIpc) is 3.08. The van der Waals surface area contributed by atoms with E-state index in [2.05, 4.69) is 15.3 Å². The number of nitrogens with one attached hydrogen (secondary N) is 1. The number of carbonyl (C=O) groups is 1. The maximum absolute atomic E-state index is 13.4. The highest BCUT2D eigenvalue weighted by Gasteiger charge is 2.32. The zero-order valence-corrected chi connectivity index (χ0v) is 15.1. The van der Waals surface area contributed by atoms with Crippen LogP contribution in [0, 0.1) is 5.82 Å². The van der Waals surface area contributed by atoms with Crippen molar-refractivity contribution in [3.8, 4) is 0 Å². The Balaban J connectivity index is 2.11. The van der Waals surface area contributed by atoms with E-state index < -0.39 is 17.8 Å². The van der Waals surface area contributed by atoms with Crippen LogP contribution in [0.1, 0.15) is 30.5 Å². The van der Waals surface area contributed by atoms with Crippen LogP contribution in [0.5, 0.6) is 0 Å². The van der Waals surface area contributed by atoms with Crippen LogP contribution in [-0.4, -0.2) is 23.4 Å². The van der Waals surface area contributed by atoms with Gasteiger partial charge in [0.05, 0.1) is 12.2 Å². The first-order chi connectivity index (χ1) is 12.0. The van der Waals surface area contributed by atoms with Crippen molar-refractivity contribution in [3.63, 3.8) is 0 Å². The smallest absolute Gasteiger partial charge is 0.338 e. The summed E-state index contributed by atoms with van der Waals surface area (Å²) in [6.45, 7) is 3.73. The predicted molar refractivity (Wildman–Crippen MR) is 95.3 cm³/mol. The summed E-state index contributed by atoms with van der Waals surface area (Å²) in [7, 11) is 0. The molecule has 1 aromatic heterocycles. The lowest BCUT2D eigenvalue weighted by molar-refractivity contribution is -0.138. The van der Waals surface area contributed by atoms with Gasteiger partial charge in [-0.15, -0.1) is 11.3 Å². The minimum atomic E-state index is -0.702. The van der Waals surface area contributed by atoms with E-state index >= 15 is 0 Å². The second kappa shape index (κ2) is 7.33. The molecule has 0 aliphatic carbocycles. The van der Waals surface area contributed by atoms with Crippen LogP contribution in [0.3, 0.4) is 0 Å². The molecule has 1 N–H and O–H groups in total. The molecule has 3 rings (SSSR count). The van der Waals surface area contributed by atoms with E-state index in [1.54, 1.807) is 20.0 Å². The Morgan fingerprint density at radius 3 is 2.92 bits per heavy atom. The summed E-state index contributed by atoms with van der Waals surface area (Å²) in [5.41, 5.74) is 1.47. The lowest BCUT2D eigenvalue weighted by atomic mass is 9.96. The number of hydrogen-bond acceptors (Lipinski definition) is 6. The zero-order chi connectivity index (χ0) is 18.0. The summed E-state index contributed by atoms with van der Waals surface area (Å²) in [5, 5.41) is 5.81. The Hall–Kier alpha value is -2.25. The average molecular weight is 380 g/mol. The lowest BCUT2D eigenvalue weighted by Gasteiger charge is -2.26. The number of esters is 1. The van der Waals surface area contributed by atoms with E-state index in [1.165, 1.54) is 29.5 Å². The van der Waals surface area contributed by atoms with Crippen LogP contribution in [0.2, 0.25) is 5.02 Å². The highest BCUT2D eigenvalue weighted by atomic mass is 35.5. The van der Waals surface area contributed by atoms with Gasteiger partial charge in [0, 0.05) is 27.9 Å². The van der Waals surface area contributed by atoms with Crippen molar-refractivity contribution in [1.82, 2.24) is 10.3 Å². The van der Waals surface area contributed by atoms with Crippen molar-refractivity contribution in [2.45, 2.75) is 19.9 Å². The van der Waals surface area contributed by atoms with Crippen molar-refractivity contribution in [1.29, 1.82) is 0 Å². The largest absolute Gasteiger partial charge is 0.463 e. The number of rotatable bonds is 4. The first-order valence-electron chi connectivity index (χ1n) is 7.58. The Morgan fingerprint density at radius 1 is 1.48 bits per heavy atom. The van der Waals surface area contributed by atoms with Crippen LogP contribution in [-0.2, 0) is 9.53 Å². The van der Waals surface area contributed by atoms with Gasteiger partial charge in [-0.3, -0.25) is 4.99 Å². The molecule has 1 aliphatic heterocycles. The Bertz CT molecular complexity index is 865. The monoisotopic (exact) mass is 379 g/mol. The highest BCUT2D eigenvalue weighted by Crippen LogP contribution is 2.36. The molecule has 1 aromatic carbocycles. The van der Waals surface area contributed by atoms with Crippen LogP contribution in [0.15, 0.2) is 46.0 Å². The van der Waals surface area contributed by atoms with Gasteiger partial charge >= 0.3 is 5.97 Å². The molecule has 0 fully saturated rings. The minimum Gasteiger partial charge on any atom is -0.463 e. The molecule has 8 heteroatoms. The van der Waals surface area contributed by atoms with Crippen LogP contribution >= 0.6 is 22.9 Å². The molecular weight excluding hydrogens is 365 g/mol. The maximum Gasteiger partial charge on any atom is 0.338 e. The zero-order valence-electron chi connectivity index (χ0n) is 13.5. The molecule has 130 valence electrons. The summed E-state index contributed by atoms with van der Waals surface area (Å²) in [6.07, 6.45) is 1.67. The Labute approximate surface area is 153 Å². The van der Waals surface area contributed by atoms with E-state index in [4.69, 9.17) is 16.3 Å². The summed E-state index contributed by atoms with van der Waals surface area (Å²) in [6, 6.07) is 3.32. The van der Waals surface area contributed by atoms with Crippen LogP contribution in [0.25, 0.3) is 0 Å². The predicted octanol–water partition coefficient (Wildman–Crippen LogP) is 3.86. The number of benzene rings is 1. The number of aliphatic imine (C=N–C) groups is 1. The molecule has 1 aliphatic rings. The number of aromatic nitrogens is 1. The first-order valence-corrected chi connectivity index (χ1v) is 8.84. The number of ether oxygens (including phenoxy) is 1. The number of thiazole rings is 1. The standard InChI is InChI=1S/C17H15ClFN3O2S/c1-3-24-17(23)13-9(2)21-15(16-20-6-7-25-16)22-14(13)11-5-4-10(19)8-12(11)18/h4-8,14H,3H2,1-2H3,(H,21,22)/t14-/m0/s1. The molecule has 0 saturated heterocycles. The van der Waals surface area contributed by atoms with Gasteiger partial charge in [0.2, 0.25) is 0 Å². The van der Waals surface area contributed by atoms with Crippen molar-refractivity contribution in [3.05, 3.63) is 62.5 Å². The molecule has 0 amide bonds. The van der Waals surface area contributed by atoms with Gasteiger partial charge in [-0.2, -0.15) is 0 Å². The molecule has 2 aromatic rings. The van der Waals surface area contributed by atoms with Crippen molar-refractivity contribution >= 4 is 34.7 Å². The van der Waals surface area contributed by atoms with Gasteiger partial charge in [-0.1, -0.05) is 17.7 Å². The molecule has 5 nitrogen and oxygen atoms in total. The van der Waals surface area contributed by atoms with Crippen LogP contribution < -0.4 is 5.32 Å². The summed E-state index contributed by atoms with van der Waals surface area (Å²) in [5.74, 6) is -0.407. The normalized spacial score (nSPS) is 17.1. The first kappa shape index (κ1) is 17.6. The molecule has 0 bridgehead atoms. The quantitative estimate of drug-likeness (QED) is 0.819. The van der Waals surface area contributed by atoms with Crippen molar-refractivity contribution in [2.24, 2.45) is 4.99 Å². The van der Waals surface area contributed by atoms with Gasteiger partial charge < -0.3 is 10.1 Å². The molecule has 1 atom stereocenters. The third kappa shape index (κ3) is 3.57. The minimum absolute atomic E-state index is 0.198. The van der Waals surface area contributed by atoms with Crippen LogP contribution in [0.4, 0.5) is 4.39 Å². The fraction of sp³-hybridized carbons (Fsp3) is 0.235. The molecule has 0 saturated carbocycles. The van der Waals surface area contributed by atoms with Crippen molar-refractivity contribution < 1.29 is 13.9 Å². The van der Waals surface area contributed by atoms with E-state index in [1.807, 2.05) is 5.38 Å². The van der Waals surface area contributed by atoms with Gasteiger partial charge in [0.1, 0.15) is 11.9 Å². The summed E-state index contributed by atoms with van der Waals surface area (Å²) >= 11 is 7.63. The maximum atomic E-state index is 13.4. The number of allylic oxidation sites excluding steroid dienone is 1. The van der Waals surface area contributed by atoms with Gasteiger partial charge in [0.25, 0.3) is 0 Å². The Morgan fingerprint density at radius 2 is 2.28 bits per heavy atom. The van der Waals surface area contributed by atoms with E-state index in [9.17, 15) is 9.18 Å². The lowest BCUT2D eigenvalue weighted by Crippen LogP contribution is -2.32. The molecule has 0 spiro atoms. The summed E-state index contributed by atoms with van der Waals surface area (Å²) < 4.78 is 18.6. The SMILES string of the molecule is CCOC(=O)C1=C(C)NC(c2nccs2)=N[C@H]1c1ccc(F)cc1Cl. The fourth-order valence-electron chi connectivity index (χ4n) is 2.55. The number of amidine groups is 1. The topological polar surface area (TPSA) is 63.6 Å². The van der Waals surface area contributed by atoms with Gasteiger partial charge in [-0.05, 0) is 26.0 Å². The molecule has 25 heavy (non-hydrogen) atoms. The summed E-state index contributed by atoms with van der Waals surface area (Å²) in [4.78, 5) is 21.3. The molecular formula is C17H15ClFN3O2S. The second-order valence-electron chi connectivity index (χ2n) is 5.27. The number of hydrogen-bond donors (Lipinski definition) is 1.